The zero-order chi connectivity index (χ0) is 22.1. The van der Waals surface area contributed by atoms with Crippen molar-refractivity contribution in [3.05, 3.63) is 76.6 Å². The molecule has 1 aromatic heterocycles. The first-order chi connectivity index (χ1) is 15.1. The van der Waals surface area contributed by atoms with Gasteiger partial charge in [0.2, 0.25) is 11.6 Å². The average molecular weight is 424 g/mol. The number of carbonyl (C=O) groups excluding carboxylic acids is 1. The highest BCUT2D eigenvalue weighted by molar-refractivity contribution is 5.80. The zero-order valence-corrected chi connectivity index (χ0v) is 16.6. The minimum Gasteiger partial charge on any atom is -0.497 e. The van der Waals surface area contributed by atoms with Crippen molar-refractivity contribution in [3.8, 4) is 11.5 Å². The monoisotopic (exact) mass is 424 g/mol. The summed E-state index contributed by atoms with van der Waals surface area (Å²) in [6.07, 6.45) is 1.15. The molecule has 11 nitrogen and oxygen atoms in total. The lowest BCUT2D eigenvalue weighted by molar-refractivity contribution is -0.383. The standard InChI is InChI=1S/C20H20N6O5/c1-30-15-9-7-14(8-10-15)11-21-19-18(26(28)29)20(23-13-22-19)25-24-17(27)12-31-16-5-3-2-4-6-16/h2-10,13H,11-12H2,1H3,(H,24,27)(H2,21,22,23,25). The van der Waals surface area contributed by atoms with Crippen LogP contribution in [-0.2, 0) is 11.3 Å². The molecule has 31 heavy (non-hydrogen) atoms. The van der Waals surface area contributed by atoms with Gasteiger partial charge in [0, 0.05) is 6.54 Å². The van der Waals surface area contributed by atoms with Crippen LogP contribution in [-0.4, -0.2) is 34.5 Å². The number of nitrogens with one attached hydrogen (secondary N) is 3. The summed E-state index contributed by atoms with van der Waals surface area (Å²) < 4.78 is 10.4. The number of benzene rings is 2. The predicted molar refractivity (Wildman–Crippen MR) is 113 cm³/mol. The van der Waals surface area contributed by atoms with Crippen LogP contribution < -0.4 is 25.6 Å². The predicted octanol–water partition coefficient (Wildman–Crippen LogP) is 2.53. The molecule has 0 unspecified atom stereocenters. The summed E-state index contributed by atoms with van der Waals surface area (Å²) >= 11 is 0. The van der Waals surface area contributed by atoms with Crippen LogP contribution >= 0.6 is 0 Å². The summed E-state index contributed by atoms with van der Waals surface area (Å²) in [5.41, 5.74) is 5.25. The van der Waals surface area contributed by atoms with Gasteiger partial charge in [-0.05, 0) is 29.8 Å². The van der Waals surface area contributed by atoms with Crippen LogP contribution in [0.25, 0.3) is 0 Å². The van der Waals surface area contributed by atoms with Gasteiger partial charge in [0.15, 0.2) is 6.61 Å². The van der Waals surface area contributed by atoms with Crippen LogP contribution in [0.3, 0.4) is 0 Å². The molecule has 2 aromatic carbocycles. The third-order valence-electron chi connectivity index (χ3n) is 4.06. The third kappa shape index (κ3) is 6.03. The molecule has 1 heterocycles. The number of hydrogen-bond acceptors (Lipinski definition) is 9. The molecule has 11 heteroatoms. The summed E-state index contributed by atoms with van der Waals surface area (Å²) in [7, 11) is 1.57. The van der Waals surface area contributed by atoms with Gasteiger partial charge in [-0.3, -0.25) is 25.8 Å². The van der Waals surface area contributed by atoms with Crippen molar-refractivity contribution in [1.29, 1.82) is 0 Å². The molecule has 0 spiro atoms. The molecule has 1 amide bonds. The Balaban J connectivity index is 1.62. The first kappa shape index (κ1) is 21.3. The molecule has 3 aromatic rings. The maximum Gasteiger partial charge on any atom is 0.354 e. The Bertz CT molecular complexity index is 1030. The van der Waals surface area contributed by atoms with Crippen LogP contribution in [0, 0.1) is 10.1 Å². The van der Waals surface area contributed by atoms with E-state index in [4.69, 9.17) is 9.47 Å². The van der Waals surface area contributed by atoms with Crippen molar-refractivity contribution in [2.45, 2.75) is 6.54 Å². The van der Waals surface area contributed by atoms with Crippen molar-refractivity contribution < 1.29 is 19.2 Å². The van der Waals surface area contributed by atoms with Crippen LogP contribution in [0.2, 0.25) is 0 Å². The molecule has 0 aliphatic rings. The van der Waals surface area contributed by atoms with Crippen molar-refractivity contribution in [3.63, 3.8) is 0 Å². The molecular weight excluding hydrogens is 404 g/mol. The lowest BCUT2D eigenvalue weighted by Crippen LogP contribution is -2.34. The second kappa shape index (κ2) is 10.4. The lowest BCUT2D eigenvalue weighted by Gasteiger charge is -2.11. The van der Waals surface area contributed by atoms with Gasteiger partial charge in [0.25, 0.3) is 5.91 Å². The fourth-order valence-electron chi connectivity index (χ4n) is 2.53. The summed E-state index contributed by atoms with van der Waals surface area (Å²) in [4.78, 5) is 30.7. The van der Waals surface area contributed by atoms with Gasteiger partial charge < -0.3 is 14.8 Å². The number of ether oxygens (including phenoxy) is 2. The smallest absolute Gasteiger partial charge is 0.354 e. The summed E-state index contributed by atoms with van der Waals surface area (Å²) in [6, 6.07) is 16.0. The van der Waals surface area contributed by atoms with Crippen LogP contribution in [0.5, 0.6) is 11.5 Å². The zero-order valence-electron chi connectivity index (χ0n) is 16.6. The number of aromatic nitrogens is 2. The van der Waals surface area contributed by atoms with Crippen LogP contribution in [0.1, 0.15) is 5.56 Å². The van der Waals surface area contributed by atoms with Crippen molar-refractivity contribution in [1.82, 2.24) is 15.4 Å². The normalized spacial score (nSPS) is 10.1. The second-order valence-corrected chi connectivity index (χ2v) is 6.15. The molecule has 0 radical (unpaired) electrons. The number of anilines is 2. The molecule has 0 saturated heterocycles. The van der Waals surface area contributed by atoms with E-state index in [-0.39, 0.29) is 18.2 Å². The number of amides is 1. The Morgan fingerprint density at radius 2 is 1.74 bits per heavy atom. The number of hydrogen-bond donors (Lipinski definition) is 3. The van der Waals surface area contributed by atoms with Gasteiger partial charge >= 0.3 is 5.69 Å². The minimum absolute atomic E-state index is 0.00750. The van der Waals surface area contributed by atoms with Gasteiger partial charge in [-0.1, -0.05) is 30.3 Å². The first-order valence-electron chi connectivity index (χ1n) is 9.15. The van der Waals surface area contributed by atoms with Crippen molar-refractivity contribution in [2.24, 2.45) is 0 Å². The maximum atomic E-state index is 12.0. The van der Waals surface area contributed by atoms with Gasteiger partial charge in [0.1, 0.15) is 17.8 Å². The minimum atomic E-state index is -0.634. The molecular formula is C20H20N6O5. The summed E-state index contributed by atoms with van der Waals surface area (Å²) in [5, 5.41) is 14.5. The first-order valence-corrected chi connectivity index (χ1v) is 9.15. The molecule has 3 N–H and O–H groups in total. The van der Waals surface area contributed by atoms with E-state index in [1.165, 1.54) is 0 Å². The van der Waals surface area contributed by atoms with E-state index in [1.54, 1.807) is 43.5 Å². The largest absolute Gasteiger partial charge is 0.497 e. The Kier molecular flexibility index (Phi) is 7.14. The highest BCUT2D eigenvalue weighted by Gasteiger charge is 2.23. The fourth-order valence-corrected chi connectivity index (χ4v) is 2.53. The molecule has 0 atom stereocenters. The van der Waals surface area contributed by atoms with E-state index < -0.39 is 16.5 Å². The van der Waals surface area contributed by atoms with Crippen molar-refractivity contribution >= 4 is 23.2 Å². The number of methoxy groups -OCH3 is 1. The van der Waals surface area contributed by atoms with Crippen molar-refractivity contribution in [2.75, 3.05) is 24.5 Å². The molecule has 0 fully saturated rings. The highest BCUT2D eigenvalue weighted by atomic mass is 16.6. The summed E-state index contributed by atoms with van der Waals surface area (Å²) in [6.45, 7) is 0.0109. The molecule has 0 aliphatic carbocycles. The molecule has 160 valence electrons. The van der Waals surface area contributed by atoms with E-state index in [9.17, 15) is 14.9 Å². The quantitative estimate of drug-likeness (QED) is 0.331. The molecule has 0 saturated carbocycles. The van der Waals surface area contributed by atoms with Crippen LogP contribution in [0.15, 0.2) is 60.9 Å². The number of hydrazine groups is 1. The topological polar surface area (TPSA) is 141 Å². The molecule has 0 bridgehead atoms. The number of rotatable bonds is 10. The maximum absolute atomic E-state index is 12.0. The Labute approximate surface area is 177 Å². The number of nitro groups is 1. The SMILES string of the molecule is COc1ccc(CNc2ncnc(NNC(=O)COc3ccccc3)c2[N+](=O)[O-])cc1. The van der Waals surface area contributed by atoms with Gasteiger partial charge in [0.05, 0.1) is 12.0 Å². The van der Waals surface area contributed by atoms with E-state index in [0.29, 0.717) is 18.0 Å². The van der Waals surface area contributed by atoms with Gasteiger partial charge in [-0.15, -0.1) is 0 Å². The fraction of sp³-hybridized carbons (Fsp3) is 0.150. The summed E-state index contributed by atoms with van der Waals surface area (Å²) in [5.74, 6) is 0.536. The second-order valence-electron chi connectivity index (χ2n) is 6.15. The Morgan fingerprint density at radius 1 is 1.03 bits per heavy atom. The molecule has 0 aliphatic heterocycles. The Hall–Kier alpha value is -4.41. The number of carbonyl (C=O) groups is 1. The van der Waals surface area contributed by atoms with E-state index in [2.05, 4.69) is 26.1 Å². The van der Waals surface area contributed by atoms with Crippen LogP contribution in [0.4, 0.5) is 17.3 Å². The highest BCUT2D eigenvalue weighted by Crippen LogP contribution is 2.28. The average Bonchev–Trinajstić information content (AvgIpc) is 2.80. The molecule has 3 rings (SSSR count). The van der Waals surface area contributed by atoms with E-state index in [1.807, 2.05) is 18.2 Å². The number of para-hydroxylation sites is 1. The number of nitrogens with zero attached hydrogens (tertiary/aromatic N) is 3. The van der Waals surface area contributed by atoms with Gasteiger partial charge in [-0.2, -0.15) is 0 Å². The third-order valence-corrected chi connectivity index (χ3v) is 4.06. The van der Waals surface area contributed by atoms with E-state index in [0.717, 1.165) is 11.9 Å². The Morgan fingerprint density at radius 3 is 2.42 bits per heavy atom. The lowest BCUT2D eigenvalue weighted by atomic mass is 10.2. The van der Waals surface area contributed by atoms with Gasteiger partial charge in [-0.25, -0.2) is 9.97 Å². The van der Waals surface area contributed by atoms with E-state index >= 15 is 0 Å².